The molecule has 0 saturated heterocycles. The Morgan fingerprint density at radius 1 is 1.08 bits per heavy atom. The number of amides is 1. The molecule has 3 rings (SSSR count). The average molecular weight is 419 g/mol. The Balaban J connectivity index is 1.98. The van der Waals surface area contributed by atoms with Crippen molar-refractivity contribution in [3.63, 3.8) is 0 Å². The van der Waals surface area contributed by atoms with Crippen LogP contribution in [0.15, 0.2) is 58.4 Å². The summed E-state index contributed by atoms with van der Waals surface area (Å²) >= 11 is 4.36. The van der Waals surface area contributed by atoms with Crippen LogP contribution in [0.2, 0.25) is 0 Å². The number of halogens is 2. The van der Waals surface area contributed by atoms with Crippen LogP contribution < -0.4 is 10.4 Å². The molecule has 3 aromatic rings. The monoisotopic (exact) mass is 418 g/mol. The van der Waals surface area contributed by atoms with E-state index in [-0.39, 0.29) is 16.1 Å². The Kier molecular flexibility index (Phi) is 4.96. The molecule has 126 valence electrons. The van der Waals surface area contributed by atoms with Gasteiger partial charge in [0, 0.05) is 21.0 Å². The van der Waals surface area contributed by atoms with Crippen molar-refractivity contribution in [1.82, 2.24) is 0 Å². The summed E-state index contributed by atoms with van der Waals surface area (Å²) in [6.45, 7) is 0. The molecular weight excluding hydrogens is 409 g/mol. The lowest BCUT2D eigenvalue weighted by molar-refractivity contribution is -0.254. The van der Waals surface area contributed by atoms with Gasteiger partial charge < -0.3 is 15.2 Å². The van der Waals surface area contributed by atoms with Crippen LogP contribution in [0.3, 0.4) is 0 Å². The summed E-state index contributed by atoms with van der Waals surface area (Å²) in [5.74, 6) is -2.81. The van der Waals surface area contributed by atoms with E-state index in [0.717, 1.165) is 21.9 Å². The first kappa shape index (κ1) is 17.3. The van der Waals surface area contributed by atoms with Crippen LogP contribution in [0.4, 0.5) is 9.39 Å². The zero-order chi connectivity index (χ0) is 18.0. The number of hydrogen-bond acceptors (Lipinski definition) is 4. The lowest BCUT2D eigenvalue weighted by Crippen LogP contribution is -2.24. The molecule has 1 aromatic heterocycles. The molecule has 0 atom stereocenters. The van der Waals surface area contributed by atoms with E-state index in [1.54, 1.807) is 29.6 Å². The van der Waals surface area contributed by atoms with Crippen LogP contribution in [0.5, 0.6) is 0 Å². The van der Waals surface area contributed by atoms with Crippen LogP contribution in [-0.4, -0.2) is 11.9 Å². The van der Waals surface area contributed by atoms with Gasteiger partial charge in [-0.1, -0.05) is 40.2 Å². The number of benzene rings is 2. The molecule has 0 fully saturated rings. The second-order valence-electron chi connectivity index (χ2n) is 5.08. The average Bonchev–Trinajstić information content (AvgIpc) is 2.99. The number of anilines is 1. The summed E-state index contributed by atoms with van der Waals surface area (Å²) in [5, 5.41) is 15.8. The molecule has 0 aliphatic rings. The lowest BCUT2D eigenvalue weighted by Gasteiger charge is -2.10. The topological polar surface area (TPSA) is 69.2 Å². The maximum Gasteiger partial charge on any atom is 0.259 e. The molecular formula is C18H10BrFNO3S-. The molecule has 0 unspecified atom stereocenters. The van der Waals surface area contributed by atoms with Gasteiger partial charge in [0.25, 0.3) is 5.91 Å². The van der Waals surface area contributed by atoms with Gasteiger partial charge in [0.15, 0.2) is 0 Å². The summed E-state index contributed by atoms with van der Waals surface area (Å²) < 4.78 is 14.6. The number of carboxylic acid groups (broad SMARTS) is 1. The number of carbonyl (C=O) groups excluding carboxylic acids is 2. The zero-order valence-electron chi connectivity index (χ0n) is 12.6. The number of thiophene rings is 1. The number of rotatable bonds is 4. The Morgan fingerprint density at radius 3 is 2.40 bits per heavy atom. The fourth-order valence-corrected chi connectivity index (χ4v) is 3.53. The molecule has 1 amide bonds. The Labute approximate surface area is 155 Å². The maximum absolute atomic E-state index is 13.7. The van der Waals surface area contributed by atoms with E-state index in [4.69, 9.17) is 0 Å². The molecule has 0 aliphatic carbocycles. The van der Waals surface area contributed by atoms with Crippen molar-refractivity contribution in [2.75, 3.05) is 5.32 Å². The van der Waals surface area contributed by atoms with E-state index in [2.05, 4.69) is 21.2 Å². The van der Waals surface area contributed by atoms with E-state index in [0.29, 0.717) is 11.1 Å². The molecule has 1 heterocycles. The first-order valence-corrected chi connectivity index (χ1v) is 8.79. The highest BCUT2D eigenvalue weighted by molar-refractivity contribution is 9.10. The largest absolute Gasteiger partial charge is 0.545 e. The van der Waals surface area contributed by atoms with Crippen molar-refractivity contribution >= 4 is 44.1 Å². The minimum absolute atomic E-state index is 0.103. The van der Waals surface area contributed by atoms with Crippen LogP contribution in [0.25, 0.3) is 11.1 Å². The molecule has 0 bridgehead atoms. The first-order valence-electron chi connectivity index (χ1n) is 7.12. The van der Waals surface area contributed by atoms with Gasteiger partial charge in [0.05, 0.1) is 11.5 Å². The molecule has 0 saturated carbocycles. The SMILES string of the molecule is O=C(Nc1scc(-c2ccc(Br)cc2)c1C(=O)[O-])c1ccccc1F. The highest BCUT2D eigenvalue weighted by atomic mass is 79.9. The van der Waals surface area contributed by atoms with Gasteiger partial charge >= 0.3 is 0 Å². The third-order valence-corrected chi connectivity index (χ3v) is 4.92. The summed E-state index contributed by atoms with van der Waals surface area (Å²) in [4.78, 5) is 23.8. The highest BCUT2D eigenvalue weighted by Gasteiger charge is 2.18. The van der Waals surface area contributed by atoms with E-state index in [1.807, 2.05) is 0 Å². The molecule has 25 heavy (non-hydrogen) atoms. The predicted octanol–water partition coefficient (Wildman–Crippen LogP) is 3.93. The quantitative estimate of drug-likeness (QED) is 0.697. The Bertz CT molecular complexity index is 953. The summed E-state index contributed by atoms with van der Waals surface area (Å²) in [6.07, 6.45) is 0. The van der Waals surface area contributed by atoms with E-state index >= 15 is 0 Å². The molecule has 1 N–H and O–H groups in total. The van der Waals surface area contributed by atoms with Crippen molar-refractivity contribution in [2.45, 2.75) is 0 Å². The van der Waals surface area contributed by atoms with E-state index < -0.39 is 17.7 Å². The van der Waals surface area contributed by atoms with Crippen molar-refractivity contribution in [3.05, 3.63) is 75.3 Å². The second kappa shape index (κ2) is 7.16. The van der Waals surface area contributed by atoms with Gasteiger partial charge in [-0.2, -0.15) is 0 Å². The third kappa shape index (κ3) is 3.62. The van der Waals surface area contributed by atoms with E-state index in [9.17, 15) is 19.1 Å². The fraction of sp³-hybridized carbons (Fsp3) is 0. The van der Waals surface area contributed by atoms with Gasteiger partial charge in [-0.15, -0.1) is 11.3 Å². The molecule has 0 radical (unpaired) electrons. The summed E-state index contributed by atoms with van der Waals surface area (Å²) in [5.41, 5.74) is 0.814. The number of carboxylic acids is 1. The highest BCUT2D eigenvalue weighted by Crippen LogP contribution is 2.36. The minimum atomic E-state index is -1.41. The molecule has 4 nitrogen and oxygen atoms in total. The molecule has 0 aliphatic heterocycles. The first-order chi connectivity index (χ1) is 12.0. The number of hydrogen-bond donors (Lipinski definition) is 1. The smallest absolute Gasteiger partial charge is 0.259 e. The maximum atomic E-state index is 13.7. The normalized spacial score (nSPS) is 10.5. The number of aromatic carboxylic acids is 1. The predicted molar refractivity (Wildman–Crippen MR) is 96.1 cm³/mol. The van der Waals surface area contributed by atoms with Crippen LogP contribution in [-0.2, 0) is 0 Å². The van der Waals surface area contributed by atoms with E-state index in [1.165, 1.54) is 18.2 Å². The number of carbonyl (C=O) groups is 2. The molecule has 0 spiro atoms. The van der Waals surface area contributed by atoms with Crippen LogP contribution >= 0.6 is 27.3 Å². The van der Waals surface area contributed by atoms with Gasteiger partial charge in [-0.25, -0.2) is 4.39 Å². The van der Waals surface area contributed by atoms with Crippen molar-refractivity contribution in [3.8, 4) is 11.1 Å². The molecule has 2 aromatic carbocycles. The van der Waals surface area contributed by atoms with Crippen molar-refractivity contribution in [1.29, 1.82) is 0 Å². The van der Waals surface area contributed by atoms with Crippen molar-refractivity contribution < 1.29 is 19.1 Å². The van der Waals surface area contributed by atoms with Gasteiger partial charge in [-0.05, 0) is 29.8 Å². The van der Waals surface area contributed by atoms with Gasteiger partial charge in [0.1, 0.15) is 10.8 Å². The van der Waals surface area contributed by atoms with Crippen molar-refractivity contribution in [2.24, 2.45) is 0 Å². The molecule has 7 heteroatoms. The second-order valence-corrected chi connectivity index (χ2v) is 6.88. The van der Waals surface area contributed by atoms with Crippen LogP contribution in [0.1, 0.15) is 20.7 Å². The van der Waals surface area contributed by atoms with Gasteiger partial charge in [0.2, 0.25) is 0 Å². The summed E-state index contributed by atoms with van der Waals surface area (Å²) in [7, 11) is 0. The zero-order valence-corrected chi connectivity index (χ0v) is 15.0. The Hall–Kier alpha value is -2.51. The summed E-state index contributed by atoms with van der Waals surface area (Å²) in [6, 6.07) is 12.5. The lowest BCUT2D eigenvalue weighted by atomic mass is 10.0. The third-order valence-electron chi connectivity index (χ3n) is 3.50. The Morgan fingerprint density at radius 2 is 1.76 bits per heavy atom. The minimum Gasteiger partial charge on any atom is -0.545 e. The number of nitrogens with one attached hydrogen (secondary N) is 1. The standard InChI is InChI=1S/C18H11BrFNO3S/c19-11-7-5-10(6-8-11)13-9-25-17(15(13)18(23)24)21-16(22)12-3-1-2-4-14(12)20/h1-9H,(H,21,22)(H,23,24)/p-1. The van der Waals surface area contributed by atoms with Crippen LogP contribution in [0, 0.1) is 5.82 Å². The van der Waals surface area contributed by atoms with Gasteiger partial charge in [-0.3, -0.25) is 4.79 Å². The fourth-order valence-electron chi connectivity index (χ4n) is 2.31.